The van der Waals surface area contributed by atoms with Gasteiger partial charge in [-0.05, 0) is 25.3 Å². The first-order chi connectivity index (χ1) is 14.9. The Bertz CT molecular complexity index is 1070. The van der Waals surface area contributed by atoms with Gasteiger partial charge < -0.3 is 15.0 Å². The molecule has 3 heterocycles. The van der Waals surface area contributed by atoms with Crippen LogP contribution >= 0.6 is 11.3 Å². The Morgan fingerprint density at radius 3 is 2.74 bits per heavy atom. The first-order valence-corrected chi connectivity index (χ1v) is 10.7. The summed E-state index contributed by atoms with van der Waals surface area (Å²) in [6.45, 7) is 2.80. The van der Waals surface area contributed by atoms with E-state index in [2.05, 4.69) is 20.3 Å². The Balaban J connectivity index is 1.59. The molecular weight excluding hydrogens is 431 g/mol. The predicted molar refractivity (Wildman–Crippen MR) is 110 cm³/mol. The molecule has 1 saturated heterocycles. The van der Waals surface area contributed by atoms with Crippen molar-refractivity contribution in [3.63, 3.8) is 0 Å². The SMILES string of the molecule is CCOc1nc(C(F)(F)F)nc2nc(N3CCC[C@@H]3C(=O)NCc3ccccc3)sc12. The average Bonchev–Trinajstić information content (AvgIpc) is 3.39. The number of alkyl halides is 3. The van der Waals surface area contributed by atoms with Gasteiger partial charge in [-0.25, -0.2) is 4.98 Å². The number of nitrogens with zero attached hydrogens (tertiary/aromatic N) is 4. The van der Waals surface area contributed by atoms with E-state index in [0.717, 1.165) is 23.3 Å². The van der Waals surface area contributed by atoms with Gasteiger partial charge in [0.25, 0.3) is 0 Å². The van der Waals surface area contributed by atoms with Gasteiger partial charge in [-0.15, -0.1) is 0 Å². The fourth-order valence-electron chi connectivity index (χ4n) is 3.44. The standard InChI is InChI=1S/C20H20F3N5O2S/c1-2-30-17-14-15(25-18(27-17)20(21,22)23)26-19(31-14)28-10-6-9-13(28)16(29)24-11-12-7-4-3-5-8-12/h3-5,7-8,13H,2,6,9-11H2,1H3,(H,24,29)/t13-/m1/s1. The zero-order chi connectivity index (χ0) is 22.0. The number of hydrogen-bond donors (Lipinski definition) is 1. The highest BCUT2D eigenvalue weighted by Gasteiger charge is 2.37. The number of ether oxygens (including phenoxy) is 1. The van der Waals surface area contributed by atoms with Crippen molar-refractivity contribution in [3.05, 3.63) is 41.7 Å². The van der Waals surface area contributed by atoms with Crippen LogP contribution in [0.2, 0.25) is 0 Å². The molecule has 0 bridgehead atoms. The predicted octanol–water partition coefficient (Wildman–Crippen LogP) is 3.79. The maximum Gasteiger partial charge on any atom is 0.451 e. The fourth-order valence-corrected chi connectivity index (χ4v) is 4.47. The molecule has 11 heteroatoms. The Kier molecular flexibility index (Phi) is 5.94. The molecule has 1 aliphatic rings. The lowest BCUT2D eigenvalue weighted by molar-refractivity contribution is -0.145. The summed E-state index contributed by atoms with van der Waals surface area (Å²) in [6.07, 6.45) is -3.30. The summed E-state index contributed by atoms with van der Waals surface area (Å²) in [6, 6.07) is 9.10. The number of rotatable bonds is 6. The van der Waals surface area contributed by atoms with Crippen molar-refractivity contribution in [2.75, 3.05) is 18.1 Å². The van der Waals surface area contributed by atoms with Gasteiger partial charge in [-0.3, -0.25) is 4.79 Å². The smallest absolute Gasteiger partial charge is 0.451 e. The van der Waals surface area contributed by atoms with Crippen LogP contribution in [0, 0.1) is 0 Å². The van der Waals surface area contributed by atoms with Crippen LogP contribution in [-0.4, -0.2) is 40.1 Å². The van der Waals surface area contributed by atoms with Crippen LogP contribution in [-0.2, 0) is 17.5 Å². The van der Waals surface area contributed by atoms with E-state index >= 15 is 0 Å². The van der Waals surface area contributed by atoms with Crippen LogP contribution in [0.15, 0.2) is 30.3 Å². The molecule has 1 aliphatic heterocycles. The van der Waals surface area contributed by atoms with E-state index in [1.165, 1.54) is 0 Å². The zero-order valence-electron chi connectivity index (χ0n) is 16.6. The number of anilines is 1. The largest absolute Gasteiger partial charge is 0.477 e. The number of fused-ring (bicyclic) bond motifs is 1. The number of carbonyl (C=O) groups is 1. The van der Waals surface area contributed by atoms with E-state index in [1.54, 1.807) is 6.92 Å². The Hall–Kier alpha value is -2.95. The number of carbonyl (C=O) groups excluding carboxylic acids is 1. The van der Waals surface area contributed by atoms with E-state index in [0.29, 0.717) is 29.3 Å². The number of nitrogens with one attached hydrogen (secondary N) is 1. The lowest BCUT2D eigenvalue weighted by Gasteiger charge is -2.23. The molecule has 1 fully saturated rings. The summed E-state index contributed by atoms with van der Waals surface area (Å²) in [5.41, 5.74) is 0.901. The zero-order valence-corrected chi connectivity index (χ0v) is 17.5. The Labute approximate surface area is 180 Å². The van der Waals surface area contributed by atoms with Crippen LogP contribution in [0.5, 0.6) is 5.88 Å². The summed E-state index contributed by atoms with van der Waals surface area (Å²) >= 11 is 1.13. The molecule has 0 aliphatic carbocycles. The lowest BCUT2D eigenvalue weighted by Crippen LogP contribution is -2.43. The summed E-state index contributed by atoms with van der Waals surface area (Å²) in [4.78, 5) is 26.0. The van der Waals surface area contributed by atoms with Crippen LogP contribution in [0.4, 0.5) is 18.3 Å². The third kappa shape index (κ3) is 4.55. The second kappa shape index (κ2) is 8.66. The van der Waals surface area contributed by atoms with Crippen molar-refractivity contribution in [2.24, 2.45) is 0 Å². The van der Waals surface area contributed by atoms with Crippen molar-refractivity contribution < 1.29 is 22.7 Å². The highest BCUT2D eigenvalue weighted by Crippen LogP contribution is 2.38. The van der Waals surface area contributed by atoms with Crippen molar-refractivity contribution >= 4 is 32.7 Å². The minimum Gasteiger partial charge on any atom is -0.477 e. The van der Waals surface area contributed by atoms with Crippen molar-refractivity contribution in [3.8, 4) is 5.88 Å². The topological polar surface area (TPSA) is 80.2 Å². The number of hydrogen-bond acceptors (Lipinski definition) is 7. The molecule has 0 saturated carbocycles. The molecule has 2 aromatic heterocycles. The first kappa shape index (κ1) is 21.3. The third-order valence-electron chi connectivity index (χ3n) is 4.86. The van der Waals surface area contributed by atoms with Gasteiger partial charge in [-0.1, -0.05) is 41.7 Å². The van der Waals surface area contributed by atoms with Gasteiger partial charge >= 0.3 is 6.18 Å². The van der Waals surface area contributed by atoms with Crippen LogP contribution in [0.25, 0.3) is 10.3 Å². The molecule has 31 heavy (non-hydrogen) atoms. The summed E-state index contributed by atoms with van der Waals surface area (Å²) in [5, 5.41) is 3.36. The van der Waals surface area contributed by atoms with Crippen LogP contribution in [0.3, 0.4) is 0 Å². The maximum atomic E-state index is 13.2. The maximum absolute atomic E-state index is 13.2. The summed E-state index contributed by atoms with van der Waals surface area (Å²) in [7, 11) is 0. The van der Waals surface area contributed by atoms with E-state index in [4.69, 9.17) is 4.74 Å². The molecule has 164 valence electrons. The molecule has 1 aromatic carbocycles. The van der Waals surface area contributed by atoms with Crippen LogP contribution in [0.1, 0.15) is 31.2 Å². The van der Waals surface area contributed by atoms with E-state index in [9.17, 15) is 18.0 Å². The van der Waals surface area contributed by atoms with Crippen molar-refractivity contribution in [1.29, 1.82) is 0 Å². The van der Waals surface area contributed by atoms with Crippen LogP contribution < -0.4 is 15.0 Å². The second-order valence-electron chi connectivity index (χ2n) is 6.99. The van der Waals surface area contributed by atoms with Gasteiger partial charge in [0.2, 0.25) is 17.6 Å². The molecule has 3 aromatic rings. The quantitative estimate of drug-likeness (QED) is 0.614. The van der Waals surface area contributed by atoms with E-state index < -0.39 is 18.0 Å². The van der Waals surface area contributed by atoms with Gasteiger partial charge in [0.15, 0.2) is 10.8 Å². The molecule has 0 radical (unpaired) electrons. The van der Waals surface area contributed by atoms with Gasteiger partial charge in [0.05, 0.1) is 6.61 Å². The molecule has 1 N–H and O–H groups in total. The number of amides is 1. The third-order valence-corrected chi connectivity index (χ3v) is 5.93. The molecule has 1 amide bonds. The molecular formula is C20H20F3N5O2S. The fraction of sp³-hybridized carbons (Fsp3) is 0.400. The summed E-state index contributed by atoms with van der Waals surface area (Å²) in [5.74, 6) is -1.58. The molecule has 1 atom stereocenters. The Morgan fingerprint density at radius 2 is 2.03 bits per heavy atom. The normalized spacial score (nSPS) is 16.6. The molecule has 7 nitrogen and oxygen atoms in total. The van der Waals surface area contributed by atoms with E-state index in [-0.39, 0.29) is 24.0 Å². The Morgan fingerprint density at radius 1 is 1.26 bits per heavy atom. The molecule has 4 rings (SSSR count). The van der Waals surface area contributed by atoms with Crippen molar-refractivity contribution in [2.45, 2.75) is 38.5 Å². The van der Waals surface area contributed by atoms with Crippen molar-refractivity contribution in [1.82, 2.24) is 20.3 Å². The second-order valence-corrected chi connectivity index (χ2v) is 7.96. The number of halogens is 3. The average molecular weight is 451 g/mol. The summed E-state index contributed by atoms with van der Waals surface area (Å²) < 4.78 is 45.2. The number of thiazole rings is 1. The first-order valence-electron chi connectivity index (χ1n) is 9.83. The van der Waals surface area contributed by atoms with Gasteiger partial charge in [0.1, 0.15) is 10.7 Å². The molecule has 0 unspecified atom stereocenters. The number of benzene rings is 1. The monoisotopic (exact) mass is 451 g/mol. The molecule has 0 spiro atoms. The van der Waals surface area contributed by atoms with Gasteiger partial charge in [0, 0.05) is 13.1 Å². The highest BCUT2D eigenvalue weighted by atomic mass is 32.1. The minimum atomic E-state index is -4.71. The lowest BCUT2D eigenvalue weighted by atomic mass is 10.2. The van der Waals surface area contributed by atoms with Gasteiger partial charge in [-0.2, -0.15) is 23.1 Å². The minimum absolute atomic E-state index is 0.0823. The highest BCUT2D eigenvalue weighted by molar-refractivity contribution is 7.22. The number of aromatic nitrogens is 3. The van der Waals surface area contributed by atoms with E-state index in [1.807, 2.05) is 35.2 Å².